The minimum atomic E-state index is -3.65. The Balaban J connectivity index is 2.37. The van der Waals surface area contributed by atoms with Gasteiger partial charge in [0.25, 0.3) is 10.2 Å². The summed E-state index contributed by atoms with van der Waals surface area (Å²) in [6, 6.07) is -0.179. The first-order valence-corrected chi connectivity index (χ1v) is 6.54. The van der Waals surface area contributed by atoms with Crippen molar-refractivity contribution in [3.63, 3.8) is 0 Å². The van der Waals surface area contributed by atoms with Crippen LogP contribution in [0.1, 0.15) is 12.8 Å². The Morgan fingerprint density at radius 1 is 1.50 bits per heavy atom. The van der Waals surface area contributed by atoms with Gasteiger partial charge in [-0.1, -0.05) is 0 Å². The van der Waals surface area contributed by atoms with Crippen molar-refractivity contribution in [1.82, 2.24) is 9.62 Å². The average molecular weight is 251 g/mol. The Morgan fingerprint density at radius 3 is 2.50 bits per heavy atom. The summed E-state index contributed by atoms with van der Waals surface area (Å²) in [6.45, 7) is 1.11. The Hall–Kier alpha value is -0.700. The lowest BCUT2D eigenvalue weighted by atomic mass is 10.1. The molecule has 0 atom stereocenters. The number of ether oxygens (including phenoxy) is 1. The smallest absolute Gasteiger partial charge is 0.274 e. The molecule has 0 spiro atoms. The number of rotatable bonds is 4. The van der Waals surface area contributed by atoms with Crippen LogP contribution in [0, 0.1) is 0 Å². The zero-order valence-corrected chi connectivity index (χ0v) is 10.00. The molecule has 0 aromatic carbocycles. The number of piperidine rings is 1. The molecule has 1 rings (SSSR count). The number of nitrogens with zero attached hydrogens (tertiary/aromatic N) is 1. The van der Waals surface area contributed by atoms with E-state index in [2.05, 4.69) is 4.72 Å². The third-order valence-electron chi connectivity index (χ3n) is 2.45. The van der Waals surface area contributed by atoms with E-state index >= 15 is 0 Å². The van der Waals surface area contributed by atoms with Crippen LogP contribution in [0.5, 0.6) is 0 Å². The zero-order chi connectivity index (χ0) is 12.2. The van der Waals surface area contributed by atoms with Crippen molar-refractivity contribution in [3.8, 4) is 0 Å². The highest BCUT2D eigenvalue weighted by molar-refractivity contribution is 7.87. The summed E-state index contributed by atoms with van der Waals surface area (Å²) in [5, 5.41) is 4.87. The molecule has 1 amide bonds. The van der Waals surface area contributed by atoms with Crippen molar-refractivity contribution >= 4 is 16.1 Å². The molecule has 0 aromatic heterocycles. The average Bonchev–Trinajstić information content (AvgIpc) is 2.16. The molecule has 1 saturated heterocycles. The second-order valence-corrected chi connectivity index (χ2v) is 5.08. The van der Waals surface area contributed by atoms with Gasteiger partial charge in [0.2, 0.25) is 5.91 Å². The van der Waals surface area contributed by atoms with Crippen molar-refractivity contribution in [2.24, 2.45) is 5.14 Å². The van der Waals surface area contributed by atoms with Crippen LogP contribution in [0.3, 0.4) is 0 Å². The zero-order valence-electron chi connectivity index (χ0n) is 9.18. The van der Waals surface area contributed by atoms with Gasteiger partial charge in [0.05, 0.1) is 0 Å². The molecule has 0 saturated carbocycles. The summed E-state index contributed by atoms with van der Waals surface area (Å²) in [6.07, 6.45) is 1.15. The molecular weight excluding hydrogens is 234 g/mol. The SMILES string of the molecule is COCC(=O)N1CCC(NS(N)(=O)=O)CC1. The first-order valence-electron chi connectivity index (χ1n) is 4.99. The molecule has 16 heavy (non-hydrogen) atoms. The van der Waals surface area contributed by atoms with Gasteiger partial charge < -0.3 is 9.64 Å². The molecule has 0 aromatic rings. The number of hydrogen-bond acceptors (Lipinski definition) is 4. The fraction of sp³-hybridized carbons (Fsp3) is 0.875. The van der Waals surface area contributed by atoms with Crippen molar-refractivity contribution in [2.75, 3.05) is 26.8 Å². The second kappa shape index (κ2) is 5.58. The van der Waals surface area contributed by atoms with Crippen LogP contribution >= 0.6 is 0 Å². The lowest BCUT2D eigenvalue weighted by Crippen LogP contribution is -2.48. The molecule has 1 aliphatic rings. The fourth-order valence-electron chi connectivity index (χ4n) is 1.69. The number of amides is 1. The van der Waals surface area contributed by atoms with Crippen molar-refractivity contribution < 1.29 is 17.9 Å². The van der Waals surface area contributed by atoms with E-state index in [0.29, 0.717) is 25.9 Å². The van der Waals surface area contributed by atoms with E-state index < -0.39 is 10.2 Å². The standard InChI is InChI=1S/C8H17N3O4S/c1-15-6-8(12)11-4-2-7(3-5-11)10-16(9,13)14/h7,10H,2-6H2,1H3,(H2,9,13,14). The lowest BCUT2D eigenvalue weighted by Gasteiger charge is -2.31. The van der Waals surface area contributed by atoms with Crippen LogP contribution in [0.4, 0.5) is 0 Å². The normalized spacial score (nSPS) is 18.8. The molecule has 0 radical (unpaired) electrons. The van der Waals surface area contributed by atoms with E-state index in [9.17, 15) is 13.2 Å². The Bertz CT molecular complexity index is 335. The number of methoxy groups -OCH3 is 1. The number of nitrogens with two attached hydrogens (primary N) is 1. The monoisotopic (exact) mass is 251 g/mol. The largest absolute Gasteiger partial charge is 0.375 e. The van der Waals surface area contributed by atoms with Crippen molar-refractivity contribution in [1.29, 1.82) is 0 Å². The first-order chi connectivity index (χ1) is 7.42. The van der Waals surface area contributed by atoms with Gasteiger partial charge >= 0.3 is 0 Å². The molecule has 1 fully saturated rings. The maximum absolute atomic E-state index is 11.4. The highest BCUT2D eigenvalue weighted by Crippen LogP contribution is 2.10. The third-order valence-corrected chi connectivity index (χ3v) is 3.11. The van der Waals surface area contributed by atoms with E-state index in [1.54, 1.807) is 4.90 Å². The first kappa shape index (κ1) is 13.4. The van der Waals surface area contributed by atoms with Crippen molar-refractivity contribution in [3.05, 3.63) is 0 Å². The molecule has 7 nitrogen and oxygen atoms in total. The maximum atomic E-state index is 11.4. The Kier molecular flexibility index (Phi) is 4.66. The summed E-state index contributed by atoms with van der Waals surface area (Å²) in [5.41, 5.74) is 0. The Morgan fingerprint density at radius 2 is 2.06 bits per heavy atom. The summed E-state index contributed by atoms with van der Waals surface area (Å²) >= 11 is 0. The van der Waals surface area contributed by atoms with Gasteiger partial charge in [-0.2, -0.15) is 13.1 Å². The Labute approximate surface area is 95.1 Å². The highest BCUT2D eigenvalue weighted by atomic mass is 32.2. The van der Waals surface area contributed by atoms with Gasteiger partial charge in [-0.05, 0) is 12.8 Å². The van der Waals surface area contributed by atoms with Crippen LogP contribution in [0.25, 0.3) is 0 Å². The summed E-state index contributed by atoms with van der Waals surface area (Å²) < 4.78 is 28.6. The van der Waals surface area contributed by atoms with Crippen LogP contribution < -0.4 is 9.86 Å². The van der Waals surface area contributed by atoms with Crippen LogP contribution in [-0.4, -0.2) is 52.1 Å². The summed E-state index contributed by atoms with van der Waals surface area (Å²) in [4.78, 5) is 13.1. The molecule has 94 valence electrons. The van der Waals surface area contributed by atoms with Gasteiger partial charge in [0, 0.05) is 26.2 Å². The molecule has 1 aliphatic heterocycles. The number of carbonyl (C=O) groups is 1. The minimum absolute atomic E-state index is 0.0628. The highest BCUT2D eigenvalue weighted by Gasteiger charge is 2.24. The van der Waals surface area contributed by atoms with Crippen LogP contribution in [0.15, 0.2) is 0 Å². The third kappa shape index (κ3) is 4.44. The molecule has 8 heteroatoms. The number of nitrogens with one attached hydrogen (secondary N) is 1. The molecule has 1 heterocycles. The number of carbonyl (C=O) groups excluding carboxylic acids is 1. The summed E-state index contributed by atoms with van der Waals surface area (Å²) in [5.74, 6) is -0.0726. The predicted molar refractivity (Wildman–Crippen MR) is 57.7 cm³/mol. The van der Waals surface area contributed by atoms with Gasteiger partial charge in [0.1, 0.15) is 6.61 Å². The molecule has 0 aliphatic carbocycles. The van der Waals surface area contributed by atoms with E-state index in [0.717, 1.165) is 0 Å². The van der Waals surface area contributed by atoms with Gasteiger partial charge in [-0.3, -0.25) is 4.79 Å². The minimum Gasteiger partial charge on any atom is -0.375 e. The van der Waals surface area contributed by atoms with E-state index in [-0.39, 0.29) is 18.6 Å². The topological polar surface area (TPSA) is 102 Å². The number of likely N-dealkylation sites (tertiary alicyclic amines) is 1. The second-order valence-electron chi connectivity index (χ2n) is 3.75. The predicted octanol–water partition coefficient (Wildman–Crippen LogP) is -1.58. The van der Waals surface area contributed by atoms with E-state index in [1.807, 2.05) is 0 Å². The van der Waals surface area contributed by atoms with Gasteiger partial charge in [-0.25, -0.2) is 5.14 Å². The summed E-state index contributed by atoms with van der Waals surface area (Å²) in [7, 11) is -2.18. The lowest BCUT2D eigenvalue weighted by molar-refractivity contribution is -0.136. The maximum Gasteiger partial charge on any atom is 0.274 e. The van der Waals surface area contributed by atoms with Gasteiger partial charge in [-0.15, -0.1) is 0 Å². The van der Waals surface area contributed by atoms with Crippen molar-refractivity contribution in [2.45, 2.75) is 18.9 Å². The molecule has 0 unspecified atom stereocenters. The van der Waals surface area contributed by atoms with E-state index in [1.165, 1.54) is 7.11 Å². The molecule has 0 bridgehead atoms. The fourth-order valence-corrected chi connectivity index (χ4v) is 2.39. The van der Waals surface area contributed by atoms with Gasteiger partial charge in [0.15, 0.2) is 0 Å². The quantitative estimate of drug-likeness (QED) is 0.629. The van der Waals surface area contributed by atoms with E-state index in [4.69, 9.17) is 9.88 Å². The molecular formula is C8H17N3O4S. The molecule has 3 N–H and O–H groups in total. The van der Waals surface area contributed by atoms with Crippen LogP contribution in [-0.2, 0) is 19.7 Å². The number of hydrogen-bond donors (Lipinski definition) is 2. The van der Waals surface area contributed by atoms with Crippen LogP contribution in [0.2, 0.25) is 0 Å².